The van der Waals surface area contributed by atoms with Crippen molar-refractivity contribution < 1.29 is 24.3 Å². The van der Waals surface area contributed by atoms with Crippen LogP contribution in [0.5, 0.6) is 0 Å². The first kappa shape index (κ1) is 30.1. The Balaban J connectivity index is 0.00000420. The van der Waals surface area contributed by atoms with Crippen LogP contribution in [0, 0.1) is 5.41 Å². The topological polar surface area (TPSA) is 122 Å². The molecule has 0 unspecified atom stereocenters. The zero-order chi connectivity index (χ0) is 27.4. The fourth-order valence-electron chi connectivity index (χ4n) is 4.14. The van der Waals surface area contributed by atoms with E-state index in [0.29, 0.717) is 5.69 Å². The zero-order valence-corrected chi connectivity index (χ0v) is 24.3. The Kier molecular flexibility index (Phi) is 9.77. The monoisotopic (exact) mass is 553 g/mol. The van der Waals surface area contributed by atoms with Gasteiger partial charge in [-0.1, -0.05) is 63.2 Å². The fraction of sp³-hybridized carbons (Fsp3) is 0.241. The molecule has 39 heavy (non-hydrogen) atoms. The number of amides is 3. The first-order valence-electron chi connectivity index (χ1n) is 12.2. The van der Waals surface area contributed by atoms with Crippen LogP contribution in [0.15, 0.2) is 78.9 Å². The summed E-state index contributed by atoms with van der Waals surface area (Å²) >= 11 is 0. The van der Waals surface area contributed by atoms with Gasteiger partial charge in [-0.2, -0.15) is 0 Å². The number of carboxylic acid groups (broad SMARTS) is 1. The molecule has 0 saturated heterocycles. The molecule has 0 fully saturated rings. The van der Waals surface area contributed by atoms with Crippen molar-refractivity contribution in [3.05, 3.63) is 84.4 Å². The third-order valence-corrected chi connectivity index (χ3v) is 6.26. The van der Waals surface area contributed by atoms with Crippen LogP contribution in [0.1, 0.15) is 31.1 Å². The summed E-state index contributed by atoms with van der Waals surface area (Å²) in [4.78, 5) is 54.5. The second kappa shape index (κ2) is 12.6. The quantitative estimate of drug-likeness (QED) is 0.453. The van der Waals surface area contributed by atoms with E-state index in [1.807, 2.05) is 47.4 Å². The Morgan fingerprint density at radius 3 is 2.21 bits per heavy atom. The molecule has 1 atom stereocenters. The Morgan fingerprint density at radius 2 is 1.56 bits per heavy atom. The van der Waals surface area contributed by atoms with Crippen molar-refractivity contribution in [1.29, 1.82) is 0 Å². The average molecular weight is 554 g/mol. The molecule has 9 nitrogen and oxygen atoms in total. The molecule has 0 spiro atoms. The minimum atomic E-state index is -1.37. The molecule has 2 N–H and O–H groups in total. The normalized spacial score (nSPS) is 14.9. The number of carbonyl (C=O) groups excluding carboxylic acids is 4. The molecule has 3 aromatic carbocycles. The van der Waals surface area contributed by atoms with E-state index >= 15 is 0 Å². The van der Waals surface area contributed by atoms with Gasteiger partial charge in [-0.3, -0.25) is 9.59 Å². The first-order valence-corrected chi connectivity index (χ1v) is 12.2. The molecule has 0 radical (unpaired) electrons. The van der Waals surface area contributed by atoms with Crippen molar-refractivity contribution in [3.8, 4) is 0 Å². The molecule has 196 valence electrons. The summed E-state index contributed by atoms with van der Waals surface area (Å²) in [5.41, 5.74) is 1.56. The average Bonchev–Trinajstić information content (AvgIpc) is 2.99. The maximum atomic E-state index is 13.9. The van der Waals surface area contributed by atoms with Gasteiger partial charge in [-0.15, -0.1) is 0 Å². The molecule has 1 heterocycles. The molecule has 1 aliphatic rings. The predicted octanol–water partition coefficient (Wildman–Crippen LogP) is 2.96. The second-order valence-corrected chi connectivity index (χ2v) is 10.1. The van der Waals surface area contributed by atoms with Gasteiger partial charge in [0.05, 0.1) is 30.4 Å². The Hall–Kier alpha value is -3.40. The molecule has 1 aliphatic heterocycles. The zero-order valence-electron chi connectivity index (χ0n) is 22.1. The maximum absolute atomic E-state index is 13.9. The van der Waals surface area contributed by atoms with Gasteiger partial charge in [0.1, 0.15) is 6.04 Å². The maximum Gasteiger partial charge on any atom is 2.00 e. The molecule has 4 rings (SSSR count). The van der Waals surface area contributed by atoms with Crippen LogP contribution in [0.4, 0.5) is 27.5 Å². The van der Waals surface area contributed by atoms with Crippen LogP contribution < -0.4 is 25.5 Å². The third kappa shape index (κ3) is 7.17. The first-order chi connectivity index (χ1) is 18.0. The number of anilines is 4. The number of carbonyl (C=O) groups is 4. The van der Waals surface area contributed by atoms with Crippen LogP contribution >= 0.6 is 0 Å². The fourth-order valence-corrected chi connectivity index (χ4v) is 4.14. The van der Waals surface area contributed by atoms with Crippen molar-refractivity contribution >= 4 is 84.2 Å². The number of hydrogen-bond donors (Lipinski definition) is 2. The number of Topliss-reactive ketones (excluding diaryl/α,β-unsaturated/α-hetero) is 1. The molecule has 10 heteroatoms. The van der Waals surface area contributed by atoms with Gasteiger partial charge >= 0.3 is 43.8 Å². The number of aromatic carboxylic acids is 1. The van der Waals surface area contributed by atoms with Crippen LogP contribution in [0.25, 0.3) is 0 Å². The van der Waals surface area contributed by atoms with E-state index in [0.717, 1.165) is 11.4 Å². The molecule has 0 bridgehead atoms. The van der Waals surface area contributed by atoms with Gasteiger partial charge in [0.25, 0.3) is 5.91 Å². The van der Waals surface area contributed by atoms with Gasteiger partial charge < -0.3 is 30.3 Å². The van der Waals surface area contributed by atoms with Crippen LogP contribution in [-0.2, 0) is 9.59 Å². The van der Waals surface area contributed by atoms with Crippen molar-refractivity contribution in [2.24, 2.45) is 5.41 Å². The van der Waals surface area contributed by atoms with E-state index in [1.165, 1.54) is 29.2 Å². The van der Waals surface area contributed by atoms with Crippen molar-refractivity contribution in [1.82, 2.24) is 5.32 Å². The smallest absolute Gasteiger partial charge is 0.545 e. The largest absolute Gasteiger partial charge is 2.00 e. The minimum Gasteiger partial charge on any atom is -0.545 e. The molecule has 0 aromatic heterocycles. The summed E-state index contributed by atoms with van der Waals surface area (Å²) in [7, 11) is 0. The Morgan fingerprint density at radius 1 is 0.923 bits per heavy atom. The molecular formula is C29H29CaN4O5+. The summed E-state index contributed by atoms with van der Waals surface area (Å²) in [6.07, 6.45) is 0. The number of carboxylic acids is 1. The van der Waals surface area contributed by atoms with Crippen molar-refractivity contribution in [2.75, 3.05) is 28.2 Å². The van der Waals surface area contributed by atoms with Crippen LogP contribution in [-0.4, -0.2) is 80.6 Å². The SMILES string of the molecule is CC(C)(C)C(=O)CN1C(=O)[C@H](NC(=O)Nc2cccc(C(=O)[O-])c2)CN(c2ccccc2)c2ccccc21.[Ca+2]. The predicted molar refractivity (Wildman–Crippen MR) is 149 cm³/mol. The van der Waals surface area contributed by atoms with E-state index < -0.39 is 29.4 Å². The Labute approximate surface area is 257 Å². The van der Waals surface area contributed by atoms with E-state index in [9.17, 15) is 24.3 Å². The summed E-state index contributed by atoms with van der Waals surface area (Å²) in [6, 6.07) is 20.7. The summed E-state index contributed by atoms with van der Waals surface area (Å²) in [5.74, 6) is -1.94. The second-order valence-electron chi connectivity index (χ2n) is 10.1. The van der Waals surface area contributed by atoms with Crippen LogP contribution in [0.3, 0.4) is 0 Å². The molecule has 3 aromatic rings. The molecule has 0 aliphatic carbocycles. The molecule has 0 saturated carbocycles. The summed E-state index contributed by atoms with van der Waals surface area (Å²) < 4.78 is 0. The minimum absolute atomic E-state index is 0. The number of hydrogen-bond acceptors (Lipinski definition) is 6. The Bertz CT molecular complexity index is 1370. The number of ketones is 1. The van der Waals surface area contributed by atoms with Gasteiger partial charge in [0.2, 0.25) is 0 Å². The van der Waals surface area contributed by atoms with Gasteiger partial charge in [-0.25, -0.2) is 4.79 Å². The number of nitrogens with zero attached hydrogens (tertiary/aromatic N) is 2. The standard InChI is InChI=1S/C29H30N4O5.Ca/c1-29(2,3)25(34)18-33-24-15-8-7-14-23(24)32(21-12-5-4-6-13-21)17-22(26(33)35)31-28(38)30-20-11-9-10-19(16-20)27(36)37;/h4-16,22H,17-18H2,1-3H3,(H,36,37)(H2,30,31,38);/q;+2/p-1/t22-;/m1./s1. The number of nitrogens with one attached hydrogen (secondary N) is 2. The van der Waals surface area contributed by atoms with Crippen molar-refractivity contribution in [3.63, 3.8) is 0 Å². The van der Waals surface area contributed by atoms with E-state index in [2.05, 4.69) is 10.6 Å². The number of para-hydroxylation sites is 3. The summed E-state index contributed by atoms with van der Waals surface area (Å²) in [6.45, 7) is 5.33. The van der Waals surface area contributed by atoms with E-state index in [1.54, 1.807) is 32.9 Å². The third-order valence-electron chi connectivity index (χ3n) is 6.26. The van der Waals surface area contributed by atoms with Crippen LogP contribution in [0.2, 0.25) is 0 Å². The number of benzene rings is 3. The van der Waals surface area contributed by atoms with Gasteiger partial charge in [0.15, 0.2) is 5.78 Å². The summed E-state index contributed by atoms with van der Waals surface area (Å²) in [5, 5.41) is 16.5. The van der Waals surface area contributed by atoms with E-state index in [4.69, 9.17) is 0 Å². The van der Waals surface area contributed by atoms with Crippen molar-refractivity contribution in [2.45, 2.75) is 26.8 Å². The molecular weight excluding hydrogens is 524 g/mol. The van der Waals surface area contributed by atoms with Gasteiger partial charge in [0, 0.05) is 16.8 Å². The number of urea groups is 1. The number of fused-ring (bicyclic) bond motifs is 1. The van der Waals surface area contributed by atoms with Gasteiger partial charge in [-0.05, 0) is 42.0 Å². The molecule has 3 amide bonds. The number of rotatable bonds is 6. The van der Waals surface area contributed by atoms with E-state index in [-0.39, 0.29) is 67.9 Å².